The summed E-state index contributed by atoms with van der Waals surface area (Å²) in [6, 6.07) is 0. The Morgan fingerprint density at radius 1 is 1.57 bits per heavy atom. The Hall–Kier alpha value is -0.0800. The third kappa shape index (κ3) is 3.25. The molecule has 0 heterocycles. The molecule has 14 heavy (non-hydrogen) atoms. The highest BCUT2D eigenvalue weighted by Gasteiger charge is 2.38. The van der Waals surface area contributed by atoms with E-state index in [-0.39, 0.29) is 3.42 Å². The van der Waals surface area contributed by atoms with Gasteiger partial charge in [-0.05, 0) is 38.2 Å². The minimum absolute atomic E-state index is 0.0182. The first-order valence-electron chi connectivity index (χ1n) is 5.25. The number of carbonyl (C=O) groups is 1. The van der Waals surface area contributed by atoms with Crippen molar-refractivity contribution in [2.24, 2.45) is 0 Å². The Morgan fingerprint density at radius 2 is 2.36 bits per heavy atom. The van der Waals surface area contributed by atoms with Crippen LogP contribution in [0.25, 0.3) is 0 Å². The van der Waals surface area contributed by atoms with Crippen molar-refractivity contribution in [3.05, 3.63) is 18.4 Å². The van der Waals surface area contributed by atoms with E-state index in [2.05, 4.69) is 34.9 Å². The zero-order valence-corrected chi connectivity index (χ0v) is 10.7. The lowest BCUT2D eigenvalue weighted by atomic mass is 9.99. The van der Waals surface area contributed by atoms with E-state index in [0.717, 1.165) is 44.9 Å². The van der Waals surface area contributed by atoms with Gasteiger partial charge in [-0.25, -0.2) is 0 Å². The van der Waals surface area contributed by atoms with Crippen LogP contribution in [0.3, 0.4) is 0 Å². The van der Waals surface area contributed by atoms with Crippen LogP contribution in [0.1, 0.15) is 44.9 Å². The van der Waals surface area contributed by atoms with Crippen LogP contribution in [0, 0.1) is 0 Å². The second-order valence-electron chi connectivity index (χ2n) is 3.90. The second-order valence-corrected chi connectivity index (χ2v) is 5.96. The Morgan fingerprint density at radius 3 is 2.93 bits per heavy atom. The number of unbranched alkanes of at least 4 members (excludes halogenated alkanes) is 2. The molecule has 78 valence electrons. The minimum Gasteiger partial charge on any atom is -0.298 e. The fourth-order valence-electron chi connectivity index (χ4n) is 1.91. The molecule has 0 aliphatic heterocycles. The number of halogens is 1. The predicted molar refractivity (Wildman–Crippen MR) is 67.8 cm³/mol. The largest absolute Gasteiger partial charge is 0.298 e. The van der Waals surface area contributed by atoms with Crippen molar-refractivity contribution in [1.29, 1.82) is 0 Å². The first-order chi connectivity index (χ1) is 6.69. The van der Waals surface area contributed by atoms with Crippen LogP contribution in [-0.2, 0) is 4.79 Å². The summed E-state index contributed by atoms with van der Waals surface area (Å²) in [6.45, 7) is 3.53. The molecule has 0 aromatic rings. The molecule has 1 unspecified atom stereocenters. The van der Waals surface area contributed by atoms with Crippen LogP contribution < -0.4 is 0 Å². The first kappa shape index (κ1) is 12.0. The molecule has 1 atom stereocenters. The summed E-state index contributed by atoms with van der Waals surface area (Å²) in [5.41, 5.74) is 2.77. The predicted octanol–water partition coefficient (Wildman–Crippen LogP) is 3.81. The van der Waals surface area contributed by atoms with E-state index in [9.17, 15) is 4.79 Å². The van der Waals surface area contributed by atoms with Gasteiger partial charge in [0, 0.05) is 6.42 Å². The lowest BCUT2D eigenvalue weighted by molar-refractivity contribution is -0.119. The summed E-state index contributed by atoms with van der Waals surface area (Å²) in [7, 11) is 0. The molecule has 0 aromatic carbocycles. The number of allylic oxidation sites excluding steroid dienone is 1. The highest BCUT2D eigenvalue weighted by Crippen LogP contribution is 2.39. The average Bonchev–Trinajstić information content (AvgIpc) is 2.47. The topological polar surface area (TPSA) is 17.1 Å². The molecule has 1 fully saturated rings. The van der Waals surface area contributed by atoms with Gasteiger partial charge in [0.15, 0.2) is 0 Å². The van der Waals surface area contributed by atoms with Crippen molar-refractivity contribution >= 4 is 28.4 Å². The summed E-state index contributed by atoms with van der Waals surface area (Å²) < 4.78 is -0.0182. The summed E-state index contributed by atoms with van der Waals surface area (Å²) in [5.74, 6) is 0.470. The maximum Gasteiger partial charge on any atom is 0.148 e. The van der Waals surface area contributed by atoms with Gasteiger partial charge in [0.05, 0.1) is 3.42 Å². The molecule has 0 saturated heterocycles. The minimum atomic E-state index is -0.0182. The number of hydrogen-bond acceptors (Lipinski definition) is 1. The molecule has 1 rings (SSSR count). The third-order valence-corrected chi connectivity index (χ3v) is 4.47. The Bertz CT molecular complexity index is 253. The lowest BCUT2D eigenvalue weighted by Crippen LogP contribution is -2.25. The van der Waals surface area contributed by atoms with Gasteiger partial charge in [-0.15, -0.1) is 5.73 Å². The highest BCUT2D eigenvalue weighted by atomic mass is 127. The van der Waals surface area contributed by atoms with Gasteiger partial charge in [-0.3, -0.25) is 4.79 Å². The van der Waals surface area contributed by atoms with E-state index < -0.39 is 0 Å². The number of carbonyl (C=O) groups excluding carboxylic acids is 1. The molecule has 0 spiro atoms. The Labute approximate surface area is 99.8 Å². The van der Waals surface area contributed by atoms with Crippen LogP contribution in [0.2, 0.25) is 0 Å². The molecular formula is C12H17IO. The summed E-state index contributed by atoms with van der Waals surface area (Å²) in [6.07, 6.45) is 9.35. The number of Topliss-reactive ketones (excluding diaryl/α,β-unsaturated/α-hetero) is 1. The van der Waals surface area contributed by atoms with Crippen molar-refractivity contribution in [3.8, 4) is 0 Å². The standard InChI is InChI=1S/C12H17IO/c1-2-3-4-5-6-9-12(13)10-7-8-11(12)14/h3H,1,4-10H2. The summed E-state index contributed by atoms with van der Waals surface area (Å²) in [4.78, 5) is 11.6. The number of alkyl halides is 1. The molecule has 1 nitrogen and oxygen atoms in total. The number of hydrogen-bond donors (Lipinski definition) is 0. The van der Waals surface area contributed by atoms with Crippen LogP contribution in [0.5, 0.6) is 0 Å². The molecule has 1 aliphatic rings. The van der Waals surface area contributed by atoms with E-state index in [4.69, 9.17) is 0 Å². The number of rotatable bonds is 5. The fraction of sp³-hybridized carbons (Fsp3) is 0.667. The molecule has 0 aromatic heterocycles. The quantitative estimate of drug-likeness (QED) is 0.327. The molecule has 1 aliphatic carbocycles. The molecule has 1 saturated carbocycles. The van der Waals surface area contributed by atoms with E-state index in [1.807, 2.05) is 6.08 Å². The van der Waals surface area contributed by atoms with Gasteiger partial charge in [0.1, 0.15) is 5.78 Å². The van der Waals surface area contributed by atoms with Crippen molar-refractivity contribution in [3.63, 3.8) is 0 Å². The van der Waals surface area contributed by atoms with Crippen LogP contribution in [0.15, 0.2) is 18.4 Å². The van der Waals surface area contributed by atoms with Crippen molar-refractivity contribution in [2.45, 2.75) is 48.4 Å². The smallest absolute Gasteiger partial charge is 0.148 e. The second kappa shape index (κ2) is 5.72. The van der Waals surface area contributed by atoms with Gasteiger partial charge in [-0.1, -0.05) is 35.6 Å². The molecule has 0 N–H and O–H groups in total. The van der Waals surface area contributed by atoms with Crippen LogP contribution in [-0.4, -0.2) is 9.20 Å². The highest BCUT2D eigenvalue weighted by molar-refractivity contribution is 14.1. The average molecular weight is 304 g/mol. The molecule has 2 heteroatoms. The molecule has 0 amide bonds. The SMILES string of the molecule is C=C=CCCCCC1(I)CCCC1=O. The molecule has 0 bridgehead atoms. The molecule has 0 radical (unpaired) electrons. The van der Waals surface area contributed by atoms with E-state index in [1.165, 1.54) is 0 Å². The van der Waals surface area contributed by atoms with Crippen LogP contribution >= 0.6 is 22.6 Å². The van der Waals surface area contributed by atoms with Gasteiger partial charge in [-0.2, -0.15) is 0 Å². The van der Waals surface area contributed by atoms with Crippen LogP contribution in [0.4, 0.5) is 0 Å². The number of ketones is 1. The Balaban J connectivity index is 2.23. The van der Waals surface area contributed by atoms with Gasteiger partial charge >= 0.3 is 0 Å². The van der Waals surface area contributed by atoms with Gasteiger partial charge in [0.2, 0.25) is 0 Å². The van der Waals surface area contributed by atoms with Gasteiger partial charge in [0.25, 0.3) is 0 Å². The zero-order chi connectivity index (χ0) is 10.4. The van der Waals surface area contributed by atoms with E-state index >= 15 is 0 Å². The van der Waals surface area contributed by atoms with Crippen molar-refractivity contribution < 1.29 is 4.79 Å². The fourth-order valence-corrected chi connectivity index (χ4v) is 2.94. The van der Waals surface area contributed by atoms with Crippen molar-refractivity contribution in [1.82, 2.24) is 0 Å². The monoisotopic (exact) mass is 304 g/mol. The van der Waals surface area contributed by atoms with E-state index in [0.29, 0.717) is 5.78 Å². The van der Waals surface area contributed by atoms with Gasteiger partial charge < -0.3 is 0 Å². The maximum absolute atomic E-state index is 11.6. The first-order valence-corrected chi connectivity index (χ1v) is 6.33. The summed E-state index contributed by atoms with van der Waals surface area (Å²) in [5, 5.41) is 0. The van der Waals surface area contributed by atoms with E-state index in [1.54, 1.807) is 0 Å². The third-order valence-electron chi connectivity index (χ3n) is 2.79. The Kier molecular flexibility index (Phi) is 4.90. The zero-order valence-electron chi connectivity index (χ0n) is 8.52. The normalized spacial score (nSPS) is 26.2. The molecular weight excluding hydrogens is 287 g/mol. The summed E-state index contributed by atoms with van der Waals surface area (Å²) >= 11 is 2.36. The lowest BCUT2D eigenvalue weighted by Gasteiger charge is -2.18. The maximum atomic E-state index is 11.6. The van der Waals surface area contributed by atoms with Crippen molar-refractivity contribution in [2.75, 3.05) is 0 Å².